The van der Waals surface area contributed by atoms with Crippen molar-refractivity contribution in [2.75, 3.05) is 6.54 Å². The normalized spacial score (nSPS) is 13.3. The average Bonchev–Trinajstić information content (AvgIpc) is 3.18. The number of alkyl carbamates (subject to hydrolysis) is 1. The Morgan fingerprint density at radius 3 is 2.45 bits per heavy atom. The highest BCUT2D eigenvalue weighted by Gasteiger charge is 2.29. The molecule has 1 heterocycles. The average molecular weight is 452 g/mol. The molecule has 0 radical (unpaired) electrons. The van der Waals surface area contributed by atoms with E-state index in [-0.39, 0.29) is 5.91 Å². The summed E-state index contributed by atoms with van der Waals surface area (Å²) in [6.07, 6.45) is 1.40. The van der Waals surface area contributed by atoms with E-state index >= 15 is 0 Å². The number of aromatic nitrogens is 1. The molecule has 7 heteroatoms. The second-order valence-corrected chi connectivity index (χ2v) is 9.03. The summed E-state index contributed by atoms with van der Waals surface area (Å²) < 4.78 is 11.3. The van der Waals surface area contributed by atoms with Crippen LogP contribution >= 0.6 is 0 Å². The largest absolute Gasteiger partial charge is 0.444 e. The van der Waals surface area contributed by atoms with Crippen molar-refractivity contribution in [3.63, 3.8) is 0 Å². The van der Waals surface area contributed by atoms with Gasteiger partial charge in [-0.05, 0) is 51.3 Å². The summed E-state index contributed by atoms with van der Waals surface area (Å²) in [6, 6.07) is 16.8. The van der Waals surface area contributed by atoms with Crippen molar-refractivity contribution in [1.29, 1.82) is 0 Å². The molecule has 2 aromatic carbocycles. The standard InChI is InChI=1S/C26H33N3O4/c1-18(32-17-19-10-6-5-7-11-19)23(29-25(31)33-26(2,3)4)24(30)27-15-14-20-16-28-22-13-9-8-12-21(20)22/h5-13,16,18,23,28H,14-15,17H2,1-4H3,(H,27,30)(H,29,31). The molecule has 2 amide bonds. The molecule has 3 N–H and O–H groups in total. The van der Waals surface area contributed by atoms with Crippen LogP contribution in [0.3, 0.4) is 0 Å². The van der Waals surface area contributed by atoms with Crippen LogP contribution in [0.15, 0.2) is 60.8 Å². The van der Waals surface area contributed by atoms with E-state index < -0.39 is 23.8 Å². The molecule has 0 saturated carbocycles. The maximum absolute atomic E-state index is 13.0. The van der Waals surface area contributed by atoms with E-state index in [4.69, 9.17) is 9.47 Å². The summed E-state index contributed by atoms with van der Waals surface area (Å²) in [5.74, 6) is -0.318. The molecule has 2 atom stereocenters. The third kappa shape index (κ3) is 7.36. The molecule has 0 aliphatic rings. The van der Waals surface area contributed by atoms with Crippen LogP contribution in [0, 0.1) is 0 Å². The zero-order chi connectivity index (χ0) is 23.8. The van der Waals surface area contributed by atoms with E-state index in [1.54, 1.807) is 27.7 Å². The lowest BCUT2D eigenvalue weighted by Gasteiger charge is -2.27. The lowest BCUT2D eigenvalue weighted by molar-refractivity contribution is -0.127. The first-order valence-electron chi connectivity index (χ1n) is 11.2. The summed E-state index contributed by atoms with van der Waals surface area (Å²) in [5, 5.41) is 6.74. The molecule has 0 fully saturated rings. The second-order valence-electron chi connectivity index (χ2n) is 9.03. The molecule has 0 saturated heterocycles. The molecular weight excluding hydrogens is 418 g/mol. The van der Waals surface area contributed by atoms with Gasteiger partial charge in [-0.2, -0.15) is 0 Å². The van der Waals surface area contributed by atoms with Gasteiger partial charge in [0, 0.05) is 23.6 Å². The third-order valence-electron chi connectivity index (χ3n) is 5.15. The van der Waals surface area contributed by atoms with Gasteiger partial charge in [-0.25, -0.2) is 4.79 Å². The highest BCUT2D eigenvalue weighted by atomic mass is 16.6. The fourth-order valence-corrected chi connectivity index (χ4v) is 3.50. The van der Waals surface area contributed by atoms with Gasteiger partial charge in [0.05, 0.1) is 12.7 Å². The van der Waals surface area contributed by atoms with Gasteiger partial charge < -0.3 is 25.1 Å². The summed E-state index contributed by atoms with van der Waals surface area (Å²) >= 11 is 0. The lowest BCUT2D eigenvalue weighted by atomic mass is 10.1. The quantitative estimate of drug-likeness (QED) is 0.452. The number of fused-ring (bicyclic) bond motifs is 1. The van der Waals surface area contributed by atoms with Crippen molar-refractivity contribution < 1.29 is 19.1 Å². The van der Waals surface area contributed by atoms with Gasteiger partial charge in [-0.15, -0.1) is 0 Å². The van der Waals surface area contributed by atoms with Crippen LogP contribution in [-0.4, -0.2) is 41.3 Å². The van der Waals surface area contributed by atoms with Crippen LogP contribution in [0.25, 0.3) is 10.9 Å². The predicted octanol–water partition coefficient (Wildman–Crippen LogP) is 4.33. The van der Waals surface area contributed by atoms with Crippen molar-refractivity contribution in [3.05, 3.63) is 71.9 Å². The number of hydrogen-bond donors (Lipinski definition) is 3. The minimum Gasteiger partial charge on any atom is -0.444 e. The van der Waals surface area contributed by atoms with Crippen molar-refractivity contribution >= 4 is 22.9 Å². The van der Waals surface area contributed by atoms with E-state index in [2.05, 4.69) is 21.7 Å². The summed E-state index contributed by atoms with van der Waals surface area (Å²) in [7, 11) is 0. The Kier molecular flexibility index (Phi) is 8.11. The Labute approximate surface area is 194 Å². The van der Waals surface area contributed by atoms with Crippen molar-refractivity contribution in [2.24, 2.45) is 0 Å². The molecule has 33 heavy (non-hydrogen) atoms. The number of rotatable bonds is 9. The summed E-state index contributed by atoms with van der Waals surface area (Å²) in [6.45, 7) is 7.86. The van der Waals surface area contributed by atoms with Crippen LogP contribution in [-0.2, 0) is 27.3 Å². The minimum absolute atomic E-state index is 0.318. The van der Waals surface area contributed by atoms with Gasteiger partial charge in [0.2, 0.25) is 5.91 Å². The maximum Gasteiger partial charge on any atom is 0.408 e. The van der Waals surface area contributed by atoms with Gasteiger partial charge in [0.15, 0.2) is 0 Å². The fraction of sp³-hybridized carbons (Fsp3) is 0.385. The second kappa shape index (κ2) is 11.0. The number of hydrogen-bond acceptors (Lipinski definition) is 4. The number of benzene rings is 2. The number of carbonyl (C=O) groups excluding carboxylic acids is 2. The number of ether oxygens (including phenoxy) is 2. The molecule has 3 rings (SSSR count). The van der Waals surface area contributed by atoms with Crippen LogP contribution < -0.4 is 10.6 Å². The molecule has 1 aromatic heterocycles. The van der Waals surface area contributed by atoms with E-state index in [1.165, 1.54) is 0 Å². The smallest absolute Gasteiger partial charge is 0.408 e. The van der Waals surface area contributed by atoms with Crippen LogP contribution in [0.5, 0.6) is 0 Å². The van der Waals surface area contributed by atoms with Gasteiger partial charge in [0.1, 0.15) is 11.6 Å². The first-order chi connectivity index (χ1) is 15.7. The molecule has 0 spiro atoms. The summed E-state index contributed by atoms with van der Waals surface area (Å²) in [4.78, 5) is 28.6. The van der Waals surface area contributed by atoms with E-state index in [9.17, 15) is 9.59 Å². The van der Waals surface area contributed by atoms with E-state index in [0.717, 1.165) is 22.0 Å². The Bertz CT molecular complexity index is 1060. The highest BCUT2D eigenvalue weighted by molar-refractivity contribution is 5.86. The van der Waals surface area contributed by atoms with Gasteiger partial charge in [0.25, 0.3) is 0 Å². The van der Waals surface area contributed by atoms with Gasteiger partial charge in [-0.3, -0.25) is 4.79 Å². The zero-order valence-corrected chi connectivity index (χ0v) is 19.7. The molecule has 0 aliphatic carbocycles. The number of amides is 2. The molecule has 0 bridgehead atoms. The van der Waals surface area contributed by atoms with Crippen molar-refractivity contribution in [3.8, 4) is 0 Å². The third-order valence-corrected chi connectivity index (χ3v) is 5.15. The topological polar surface area (TPSA) is 92.4 Å². The van der Waals surface area contributed by atoms with E-state index in [0.29, 0.717) is 19.6 Å². The van der Waals surface area contributed by atoms with Crippen LogP contribution in [0.1, 0.15) is 38.8 Å². The van der Waals surface area contributed by atoms with Gasteiger partial charge >= 0.3 is 6.09 Å². The molecule has 3 aromatic rings. The van der Waals surface area contributed by atoms with Gasteiger partial charge in [-0.1, -0.05) is 48.5 Å². The number of para-hydroxylation sites is 1. The Hall–Kier alpha value is -3.32. The Morgan fingerprint density at radius 2 is 1.73 bits per heavy atom. The lowest BCUT2D eigenvalue weighted by Crippen LogP contribution is -2.54. The number of H-pyrrole nitrogens is 1. The Balaban J connectivity index is 1.61. The zero-order valence-electron chi connectivity index (χ0n) is 19.7. The number of nitrogens with one attached hydrogen (secondary N) is 3. The maximum atomic E-state index is 13.0. The molecule has 0 aliphatic heterocycles. The predicted molar refractivity (Wildman–Crippen MR) is 129 cm³/mol. The molecule has 176 valence electrons. The minimum atomic E-state index is -0.897. The highest BCUT2D eigenvalue weighted by Crippen LogP contribution is 2.17. The number of aromatic amines is 1. The first kappa shape index (κ1) is 24.3. The molecular formula is C26H33N3O4. The van der Waals surface area contributed by atoms with E-state index in [1.807, 2.05) is 54.7 Å². The Morgan fingerprint density at radius 1 is 1.03 bits per heavy atom. The fourth-order valence-electron chi connectivity index (χ4n) is 3.50. The number of carbonyl (C=O) groups is 2. The molecule has 2 unspecified atom stereocenters. The summed E-state index contributed by atoms with van der Waals surface area (Å²) in [5.41, 5.74) is 2.50. The molecule has 7 nitrogen and oxygen atoms in total. The monoisotopic (exact) mass is 451 g/mol. The van der Waals surface area contributed by atoms with Crippen LogP contribution in [0.4, 0.5) is 4.79 Å². The first-order valence-corrected chi connectivity index (χ1v) is 11.2. The van der Waals surface area contributed by atoms with Crippen LogP contribution in [0.2, 0.25) is 0 Å². The SMILES string of the molecule is CC(OCc1ccccc1)C(NC(=O)OC(C)(C)C)C(=O)NCCc1c[nH]c2ccccc12. The van der Waals surface area contributed by atoms with Crippen molar-refractivity contribution in [2.45, 2.75) is 58.5 Å². The van der Waals surface area contributed by atoms with Crippen molar-refractivity contribution in [1.82, 2.24) is 15.6 Å².